The quantitative estimate of drug-likeness (QED) is 0.782. The molecule has 2 aromatic rings. The molecule has 0 aliphatic carbocycles. The first-order chi connectivity index (χ1) is 9.69. The fourth-order valence-electron chi connectivity index (χ4n) is 1.69. The molecule has 0 radical (unpaired) electrons. The molecule has 0 bridgehead atoms. The van der Waals surface area contributed by atoms with Crippen molar-refractivity contribution in [1.29, 1.82) is 5.26 Å². The van der Waals surface area contributed by atoms with Gasteiger partial charge < -0.3 is 9.47 Å². The van der Waals surface area contributed by atoms with Crippen molar-refractivity contribution in [3.8, 4) is 17.6 Å². The molecular weight excluding hydrogens is 257 g/mol. The summed E-state index contributed by atoms with van der Waals surface area (Å²) in [7, 11) is 0. The number of nitrogens with zero attached hydrogens (tertiary/aromatic N) is 1. The maximum atomic E-state index is 13.4. The maximum absolute atomic E-state index is 13.4. The second-order valence-corrected chi connectivity index (χ2v) is 4.27. The number of hydrogen-bond acceptors (Lipinski definition) is 3. The van der Waals surface area contributed by atoms with E-state index in [0.29, 0.717) is 11.3 Å². The van der Waals surface area contributed by atoms with E-state index in [2.05, 4.69) is 0 Å². The van der Waals surface area contributed by atoms with E-state index in [4.69, 9.17) is 14.7 Å². The van der Waals surface area contributed by atoms with Gasteiger partial charge in [-0.05, 0) is 42.8 Å². The third kappa shape index (κ3) is 3.72. The van der Waals surface area contributed by atoms with E-state index in [1.54, 1.807) is 36.4 Å². The Hall–Kier alpha value is -2.54. The minimum absolute atomic E-state index is 0.222. The summed E-state index contributed by atoms with van der Waals surface area (Å²) in [5, 5.41) is 8.77. The van der Waals surface area contributed by atoms with Crippen molar-refractivity contribution in [2.45, 2.75) is 6.92 Å². The highest BCUT2D eigenvalue weighted by Crippen LogP contribution is 2.18. The van der Waals surface area contributed by atoms with Crippen LogP contribution in [0.3, 0.4) is 0 Å². The Morgan fingerprint density at radius 3 is 2.70 bits per heavy atom. The lowest BCUT2D eigenvalue weighted by atomic mass is 10.2. The number of nitriles is 1. The number of rotatable bonds is 5. The van der Waals surface area contributed by atoms with Crippen molar-refractivity contribution in [3.05, 3.63) is 59.4 Å². The van der Waals surface area contributed by atoms with Crippen LogP contribution in [-0.4, -0.2) is 13.2 Å². The van der Waals surface area contributed by atoms with E-state index in [1.807, 2.05) is 13.0 Å². The molecule has 2 rings (SSSR count). The highest BCUT2D eigenvalue weighted by atomic mass is 19.1. The number of benzene rings is 2. The number of ether oxygens (including phenoxy) is 2. The van der Waals surface area contributed by atoms with E-state index in [9.17, 15) is 4.39 Å². The fourth-order valence-corrected chi connectivity index (χ4v) is 1.69. The Morgan fingerprint density at radius 1 is 1.10 bits per heavy atom. The third-order valence-electron chi connectivity index (χ3n) is 2.66. The van der Waals surface area contributed by atoms with Gasteiger partial charge in [-0.15, -0.1) is 0 Å². The highest BCUT2D eigenvalue weighted by molar-refractivity contribution is 5.36. The van der Waals surface area contributed by atoms with Crippen LogP contribution in [0.25, 0.3) is 0 Å². The van der Waals surface area contributed by atoms with Crippen LogP contribution >= 0.6 is 0 Å². The van der Waals surface area contributed by atoms with Gasteiger partial charge in [0.15, 0.2) is 11.6 Å². The summed E-state index contributed by atoms with van der Waals surface area (Å²) in [5.41, 5.74) is 1.47. The monoisotopic (exact) mass is 271 g/mol. The zero-order valence-corrected chi connectivity index (χ0v) is 11.1. The molecule has 0 aromatic heterocycles. The van der Waals surface area contributed by atoms with E-state index in [-0.39, 0.29) is 24.8 Å². The van der Waals surface area contributed by atoms with E-state index >= 15 is 0 Å². The van der Waals surface area contributed by atoms with Gasteiger partial charge in [0.1, 0.15) is 19.0 Å². The van der Waals surface area contributed by atoms with Crippen LogP contribution in [0.4, 0.5) is 4.39 Å². The standard InChI is InChI=1S/C16H14FNO2/c1-12-5-6-15(17)16(9-12)20-8-7-19-14-4-2-3-13(10-14)11-18/h2-6,9-10H,7-8H2,1H3. The summed E-state index contributed by atoms with van der Waals surface area (Å²) in [6.45, 7) is 2.38. The normalized spacial score (nSPS) is 9.85. The summed E-state index contributed by atoms with van der Waals surface area (Å²) < 4.78 is 24.2. The summed E-state index contributed by atoms with van der Waals surface area (Å²) >= 11 is 0. The van der Waals surface area contributed by atoms with Gasteiger partial charge in [0, 0.05) is 0 Å². The molecule has 0 aliphatic rings. The molecule has 0 atom stereocenters. The van der Waals surface area contributed by atoms with Crippen molar-refractivity contribution in [3.63, 3.8) is 0 Å². The summed E-state index contributed by atoms with van der Waals surface area (Å²) in [6, 6.07) is 13.6. The highest BCUT2D eigenvalue weighted by Gasteiger charge is 2.03. The van der Waals surface area contributed by atoms with Crippen LogP contribution in [0, 0.1) is 24.1 Å². The van der Waals surface area contributed by atoms with E-state index in [1.165, 1.54) is 6.07 Å². The molecule has 0 fully saturated rings. The Kier molecular flexibility index (Phi) is 4.56. The third-order valence-corrected chi connectivity index (χ3v) is 2.66. The topological polar surface area (TPSA) is 42.2 Å². The lowest BCUT2D eigenvalue weighted by Gasteiger charge is -2.09. The molecule has 0 saturated heterocycles. The molecule has 2 aromatic carbocycles. The molecule has 0 heterocycles. The second kappa shape index (κ2) is 6.58. The van der Waals surface area contributed by atoms with Crippen LogP contribution in [0.2, 0.25) is 0 Å². The van der Waals surface area contributed by atoms with Crippen LogP contribution < -0.4 is 9.47 Å². The molecule has 0 unspecified atom stereocenters. The smallest absolute Gasteiger partial charge is 0.165 e. The van der Waals surface area contributed by atoms with Gasteiger partial charge in [-0.1, -0.05) is 12.1 Å². The summed E-state index contributed by atoms with van der Waals surface area (Å²) in [4.78, 5) is 0. The average Bonchev–Trinajstić information content (AvgIpc) is 2.47. The van der Waals surface area contributed by atoms with Crippen molar-refractivity contribution < 1.29 is 13.9 Å². The van der Waals surface area contributed by atoms with Gasteiger partial charge in [-0.3, -0.25) is 0 Å². The first kappa shape index (κ1) is 13.9. The molecule has 102 valence electrons. The van der Waals surface area contributed by atoms with Crippen molar-refractivity contribution >= 4 is 0 Å². The second-order valence-electron chi connectivity index (χ2n) is 4.27. The fraction of sp³-hybridized carbons (Fsp3) is 0.188. The summed E-state index contributed by atoms with van der Waals surface area (Å²) in [5.74, 6) is 0.429. The van der Waals surface area contributed by atoms with Crippen LogP contribution in [0.15, 0.2) is 42.5 Å². The zero-order valence-electron chi connectivity index (χ0n) is 11.1. The zero-order chi connectivity index (χ0) is 14.4. The molecule has 0 amide bonds. The predicted molar refractivity (Wildman–Crippen MR) is 73.3 cm³/mol. The van der Waals surface area contributed by atoms with Gasteiger partial charge in [-0.2, -0.15) is 5.26 Å². The Bertz CT molecular complexity index is 635. The molecular formula is C16H14FNO2. The molecule has 0 N–H and O–H groups in total. The minimum Gasteiger partial charge on any atom is -0.490 e. The molecule has 4 heteroatoms. The Labute approximate surface area is 117 Å². The maximum Gasteiger partial charge on any atom is 0.165 e. The molecule has 0 aliphatic heterocycles. The van der Waals surface area contributed by atoms with Crippen molar-refractivity contribution in [2.24, 2.45) is 0 Å². The lowest BCUT2D eigenvalue weighted by Crippen LogP contribution is -2.09. The van der Waals surface area contributed by atoms with Crippen molar-refractivity contribution in [2.75, 3.05) is 13.2 Å². The van der Waals surface area contributed by atoms with E-state index in [0.717, 1.165) is 5.56 Å². The number of aryl methyl sites for hydroxylation is 1. The molecule has 0 spiro atoms. The van der Waals surface area contributed by atoms with Crippen LogP contribution in [0.5, 0.6) is 11.5 Å². The number of hydrogen-bond donors (Lipinski definition) is 0. The SMILES string of the molecule is Cc1ccc(F)c(OCCOc2cccc(C#N)c2)c1. The molecule has 20 heavy (non-hydrogen) atoms. The Balaban J connectivity index is 1.84. The van der Waals surface area contributed by atoms with Crippen molar-refractivity contribution in [1.82, 2.24) is 0 Å². The van der Waals surface area contributed by atoms with Gasteiger partial charge in [-0.25, -0.2) is 4.39 Å². The van der Waals surface area contributed by atoms with E-state index < -0.39 is 0 Å². The van der Waals surface area contributed by atoms with Gasteiger partial charge in [0.2, 0.25) is 0 Å². The van der Waals surface area contributed by atoms with Crippen LogP contribution in [0.1, 0.15) is 11.1 Å². The van der Waals surface area contributed by atoms with Gasteiger partial charge in [0.05, 0.1) is 11.6 Å². The minimum atomic E-state index is -0.387. The Morgan fingerprint density at radius 2 is 1.90 bits per heavy atom. The first-order valence-electron chi connectivity index (χ1n) is 6.21. The van der Waals surface area contributed by atoms with Gasteiger partial charge in [0.25, 0.3) is 0 Å². The number of halogens is 1. The van der Waals surface area contributed by atoms with Crippen LogP contribution in [-0.2, 0) is 0 Å². The molecule has 0 saturated carbocycles. The molecule has 3 nitrogen and oxygen atoms in total. The first-order valence-corrected chi connectivity index (χ1v) is 6.21. The average molecular weight is 271 g/mol. The largest absolute Gasteiger partial charge is 0.490 e. The van der Waals surface area contributed by atoms with Gasteiger partial charge >= 0.3 is 0 Å². The summed E-state index contributed by atoms with van der Waals surface area (Å²) in [6.07, 6.45) is 0. The lowest BCUT2D eigenvalue weighted by molar-refractivity contribution is 0.211. The predicted octanol–water partition coefficient (Wildman–Crippen LogP) is 3.46.